The van der Waals surface area contributed by atoms with Crippen molar-refractivity contribution in [2.24, 2.45) is 4.99 Å². The molecule has 0 aliphatic carbocycles. The number of rotatable bonds is 5. The lowest BCUT2D eigenvalue weighted by atomic mass is 10.1. The molecule has 0 bridgehead atoms. The molecule has 0 fully saturated rings. The van der Waals surface area contributed by atoms with E-state index in [4.69, 9.17) is 10.1 Å². The van der Waals surface area contributed by atoms with Crippen LogP contribution in [0.2, 0.25) is 0 Å². The van der Waals surface area contributed by atoms with Crippen molar-refractivity contribution in [2.75, 3.05) is 23.8 Å². The van der Waals surface area contributed by atoms with Gasteiger partial charge in [-0.25, -0.2) is 18.5 Å². The van der Waals surface area contributed by atoms with Gasteiger partial charge in [-0.15, -0.1) is 0 Å². The molecule has 10 heteroatoms. The van der Waals surface area contributed by atoms with Crippen molar-refractivity contribution >= 4 is 29.2 Å². The van der Waals surface area contributed by atoms with E-state index < -0.39 is 17.2 Å². The number of halogens is 2. The van der Waals surface area contributed by atoms with Crippen molar-refractivity contribution in [3.63, 3.8) is 0 Å². The van der Waals surface area contributed by atoms with Crippen LogP contribution in [0, 0.1) is 11.6 Å². The number of aliphatic imine (C=N–C) groups is 1. The number of anilines is 3. The van der Waals surface area contributed by atoms with E-state index in [2.05, 4.69) is 10.3 Å². The molecule has 192 valence electrons. The highest BCUT2D eigenvalue weighted by molar-refractivity contribution is 6.20. The fraction of sp³-hybridized carbons (Fsp3) is 0.214. The average molecular weight is 514 g/mol. The van der Waals surface area contributed by atoms with Gasteiger partial charge in [0.1, 0.15) is 11.4 Å². The van der Waals surface area contributed by atoms with Gasteiger partial charge in [-0.1, -0.05) is 30.3 Å². The number of guanidine groups is 1. The van der Waals surface area contributed by atoms with E-state index >= 15 is 0 Å². The number of pyridine rings is 1. The van der Waals surface area contributed by atoms with E-state index in [-0.39, 0.29) is 5.91 Å². The first-order valence-electron chi connectivity index (χ1n) is 12.2. The largest absolute Gasteiger partial charge is 0.340 e. The van der Waals surface area contributed by atoms with Crippen LogP contribution in [-0.4, -0.2) is 50.7 Å². The van der Waals surface area contributed by atoms with E-state index in [1.54, 1.807) is 17.9 Å². The zero-order chi connectivity index (χ0) is 26.6. The third-order valence-electron chi connectivity index (χ3n) is 6.63. The van der Waals surface area contributed by atoms with E-state index in [0.29, 0.717) is 41.9 Å². The summed E-state index contributed by atoms with van der Waals surface area (Å²) in [7, 11) is 1.67. The van der Waals surface area contributed by atoms with Crippen molar-refractivity contribution in [1.29, 1.82) is 0 Å². The van der Waals surface area contributed by atoms with Crippen molar-refractivity contribution in [3.05, 3.63) is 89.6 Å². The lowest BCUT2D eigenvalue weighted by Gasteiger charge is -2.30. The Morgan fingerprint density at radius 3 is 2.53 bits per heavy atom. The van der Waals surface area contributed by atoms with Gasteiger partial charge in [-0.2, -0.15) is 5.10 Å². The summed E-state index contributed by atoms with van der Waals surface area (Å²) in [6.07, 6.45) is 1.75. The van der Waals surface area contributed by atoms with Gasteiger partial charge < -0.3 is 5.32 Å². The summed E-state index contributed by atoms with van der Waals surface area (Å²) in [5, 5.41) is 7.95. The maximum Gasteiger partial charge on any atom is 0.267 e. The second kappa shape index (κ2) is 8.76. The molecule has 0 saturated heterocycles. The fourth-order valence-corrected chi connectivity index (χ4v) is 4.78. The predicted molar refractivity (Wildman–Crippen MR) is 142 cm³/mol. The monoisotopic (exact) mass is 513 g/mol. The van der Waals surface area contributed by atoms with Crippen LogP contribution in [0.15, 0.2) is 71.9 Å². The highest BCUT2D eigenvalue weighted by atomic mass is 19.2. The third kappa shape index (κ3) is 4.07. The predicted octanol–water partition coefficient (Wildman–Crippen LogP) is 5.06. The maximum atomic E-state index is 14.0. The van der Waals surface area contributed by atoms with Crippen LogP contribution in [0.25, 0.3) is 11.3 Å². The summed E-state index contributed by atoms with van der Waals surface area (Å²) in [5.41, 5.74) is 3.03. The average Bonchev–Trinajstić information content (AvgIpc) is 3.42. The lowest BCUT2D eigenvalue weighted by molar-refractivity contribution is 0.0866. The Morgan fingerprint density at radius 1 is 1.03 bits per heavy atom. The number of nitrogens with zero attached hydrogens (tertiary/aromatic N) is 6. The molecule has 2 aromatic carbocycles. The van der Waals surface area contributed by atoms with Crippen molar-refractivity contribution in [2.45, 2.75) is 25.9 Å². The first-order valence-corrected chi connectivity index (χ1v) is 12.2. The fourth-order valence-electron chi connectivity index (χ4n) is 4.78. The molecule has 1 N–H and O–H groups in total. The molecule has 2 aromatic heterocycles. The zero-order valence-electron chi connectivity index (χ0n) is 21.1. The smallest absolute Gasteiger partial charge is 0.267 e. The molecular formula is C28H25F2N7O. The molecule has 2 aliphatic rings. The van der Waals surface area contributed by atoms with Gasteiger partial charge >= 0.3 is 0 Å². The number of fused-ring (bicyclic) bond motifs is 3. The van der Waals surface area contributed by atoms with Crippen LogP contribution in [0.4, 0.5) is 26.1 Å². The quantitative estimate of drug-likeness (QED) is 0.404. The van der Waals surface area contributed by atoms with Gasteiger partial charge in [-0.05, 0) is 43.7 Å². The molecule has 0 unspecified atom stereocenters. The van der Waals surface area contributed by atoms with Crippen molar-refractivity contribution in [1.82, 2.24) is 19.7 Å². The molecule has 0 spiro atoms. The van der Waals surface area contributed by atoms with Crippen LogP contribution in [0.1, 0.15) is 29.8 Å². The Hall–Kier alpha value is -4.60. The number of carbonyl (C=O) groups excluding carboxylic acids is 1. The molecule has 38 heavy (non-hydrogen) atoms. The Balaban J connectivity index is 1.42. The summed E-state index contributed by atoms with van der Waals surface area (Å²) in [4.78, 5) is 26.1. The van der Waals surface area contributed by atoms with Crippen LogP contribution in [0.5, 0.6) is 0 Å². The molecule has 8 nitrogen and oxygen atoms in total. The summed E-state index contributed by atoms with van der Waals surface area (Å²) >= 11 is 0. The van der Waals surface area contributed by atoms with Crippen LogP contribution in [0.3, 0.4) is 0 Å². The summed E-state index contributed by atoms with van der Waals surface area (Å²) in [6.45, 7) is 4.88. The molecule has 6 rings (SSSR count). The first kappa shape index (κ1) is 23.8. The Bertz CT molecular complexity index is 1580. The van der Waals surface area contributed by atoms with Gasteiger partial charge in [0.15, 0.2) is 17.5 Å². The van der Waals surface area contributed by atoms with Crippen molar-refractivity contribution < 1.29 is 13.6 Å². The minimum absolute atomic E-state index is 0.283. The first-order chi connectivity index (χ1) is 18.2. The highest BCUT2D eigenvalue weighted by Crippen LogP contribution is 2.39. The van der Waals surface area contributed by atoms with Gasteiger partial charge in [-0.3, -0.25) is 19.6 Å². The molecule has 2 aliphatic heterocycles. The molecule has 0 radical (unpaired) electrons. The lowest BCUT2D eigenvalue weighted by Crippen LogP contribution is -2.48. The second-order valence-corrected chi connectivity index (χ2v) is 10.0. The second-order valence-electron chi connectivity index (χ2n) is 10.0. The summed E-state index contributed by atoms with van der Waals surface area (Å²) in [5.74, 6) is -0.812. The Labute approximate surface area is 218 Å². The zero-order valence-corrected chi connectivity index (χ0v) is 21.1. The van der Waals surface area contributed by atoms with Crippen LogP contribution < -0.4 is 10.2 Å². The van der Waals surface area contributed by atoms with Gasteiger partial charge in [0.05, 0.1) is 24.3 Å². The van der Waals surface area contributed by atoms with Crippen LogP contribution >= 0.6 is 0 Å². The normalized spacial score (nSPS) is 15.8. The number of hydrogen-bond acceptors (Lipinski definition) is 6. The van der Waals surface area contributed by atoms with Gasteiger partial charge in [0.2, 0.25) is 5.96 Å². The number of hydrogen-bond donors (Lipinski definition) is 1. The van der Waals surface area contributed by atoms with Gasteiger partial charge in [0.25, 0.3) is 5.91 Å². The van der Waals surface area contributed by atoms with Crippen molar-refractivity contribution in [3.8, 4) is 11.3 Å². The number of amides is 1. The number of carbonyl (C=O) groups is 1. The summed E-state index contributed by atoms with van der Waals surface area (Å²) < 4.78 is 29.3. The topological polar surface area (TPSA) is 78.7 Å². The molecule has 4 heterocycles. The van der Waals surface area contributed by atoms with E-state index in [9.17, 15) is 13.6 Å². The molecule has 4 aromatic rings. The minimum Gasteiger partial charge on any atom is -0.340 e. The highest BCUT2D eigenvalue weighted by Gasteiger charge is 2.45. The third-order valence-corrected chi connectivity index (χ3v) is 6.63. The SMILES string of the molecule is CN1C(=O)c2c(nn(Cc3ccc(-c4ccccn4)cc3)c2Nc2ccc(F)c(F)c2)N2CC(C)(C)N=C12. The minimum atomic E-state index is -0.987. The molecular weight excluding hydrogens is 488 g/mol. The number of aromatic nitrogens is 3. The number of benzene rings is 2. The van der Waals surface area contributed by atoms with Crippen LogP contribution in [-0.2, 0) is 6.54 Å². The molecule has 1 amide bonds. The summed E-state index contributed by atoms with van der Waals surface area (Å²) in [6, 6.07) is 17.2. The Morgan fingerprint density at radius 2 is 1.82 bits per heavy atom. The number of nitrogens with one attached hydrogen (secondary N) is 1. The van der Waals surface area contributed by atoms with E-state index in [0.717, 1.165) is 29.0 Å². The van der Waals surface area contributed by atoms with Gasteiger partial charge in [0, 0.05) is 30.6 Å². The molecule has 0 atom stereocenters. The molecule has 0 saturated carbocycles. The van der Waals surface area contributed by atoms with E-state index in [1.807, 2.05) is 61.2 Å². The maximum absolute atomic E-state index is 14.0. The Kier molecular flexibility index (Phi) is 5.48. The van der Waals surface area contributed by atoms with E-state index in [1.165, 1.54) is 11.0 Å². The standard InChI is InChI=1S/C28H25F2N7O/c1-28(2)16-36-25-23(26(38)35(3)27(36)33-28)24(32-19-11-12-20(29)21(30)14-19)37(34-25)15-17-7-9-18(10-8-17)22-6-4-5-13-31-22/h4-14,32H,15-16H2,1-3H3.